The van der Waals surface area contributed by atoms with E-state index in [9.17, 15) is 0 Å². The van der Waals surface area contributed by atoms with E-state index in [4.69, 9.17) is 0 Å². The van der Waals surface area contributed by atoms with Crippen molar-refractivity contribution in [2.24, 2.45) is 0 Å². The highest BCUT2D eigenvalue weighted by molar-refractivity contribution is 5.86. The predicted molar refractivity (Wildman–Crippen MR) is 89.6 cm³/mol. The van der Waals surface area contributed by atoms with Crippen molar-refractivity contribution in [1.29, 1.82) is 0 Å². The fourth-order valence-electron chi connectivity index (χ4n) is 3.46. The predicted octanol–water partition coefficient (Wildman–Crippen LogP) is 3.15. The van der Waals surface area contributed by atoms with Gasteiger partial charge >= 0.3 is 0 Å². The summed E-state index contributed by atoms with van der Waals surface area (Å²) >= 11 is 0. The SMILES string of the molecule is CCCn1cc(CCNCC)c2cc3c(cc21)CN(C)C3. The molecule has 0 atom stereocenters. The molecule has 21 heavy (non-hydrogen) atoms. The second kappa shape index (κ2) is 6.20. The van der Waals surface area contributed by atoms with Gasteiger partial charge in [-0.05, 0) is 61.8 Å². The topological polar surface area (TPSA) is 20.2 Å². The summed E-state index contributed by atoms with van der Waals surface area (Å²) in [5, 5.41) is 4.91. The first-order valence-electron chi connectivity index (χ1n) is 8.25. The van der Waals surface area contributed by atoms with Gasteiger partial charge in [-0.3, -0.25) is 4.90 Å². The number of hydrogen-bond donors (Lipinski definition) is 1. The molecule has 0 saturated heterocycles. The Morgan fingerprint density at radius 3 is 2.62 bits per heavy atom. The van der Waals surface area contributed by atoms with E-state index in [1.807, 2.05) is 0 Å². The molecule has 1 N–H and O–H groups in total. The molecule has 0 amide bonds. The number of hydrogen-bond acceptors (Lipinski definition) is 2. The molecule has 0 fully saturated rings. The number of fused-ring (bicyclic) bond motifs is 2. The third-order valence-electron chi connectivity index (χ3n) is 4.45. The summed E-state index contributed by atoms with van der Waals surface area (Å²) in [6, 6.07) is 4.88. The minimum atomic E-state index is 1.05. The van der Waals surface area contributed by atoms with Crippen molar-refractivity contribution >= 4 is 10.9 Å². The van der Waals surface area contributed by atoms with Gasteiger partial charge in [0, 0.05) is 36.7 Å². The number of benzene rings is 1. The molecule has 3 nitrogen and oxygen atoms in total. The van der Waals surface area contributed by atoms with Crippen LogP contribution in [0.3, 0.4) is 0 Å². The van der Waals surface area contributed by atoms with Gasteiger partial charge in [0.25, 0.3) is 0 Å². The first-order valence-corrected chi connectivity index (χ1v) is 8.25. The molecule has 3 rings (SSSR count). The zero-order valence-corrected chi connectivity index (χ0v) is 13.6. The number of aromatic nitrogens is 1. The van der Waals surface area contributed by atoms with Crippen LogP contribution in [0.1, 0.15) is 37.0 Å². The van der Waals surface area contributed by atoms with Crippen LogP contribution in [0, 0.1) is 0 Å². The molecular weight excluding hydrogens is 258 g/mol. The van der Waals surface area contributed by atoms with E-state index >= 15 is 0 Å². The summed E-state index contributed by atoms with van der Waals surface area (Å²) in [6.07, 6.45) is 4.69. The van der Waals surface area contributed by atoms with Crippen LogP contribution >= 0.6 is 0 Å². The maximum atomic E-state index is 3.44. The van der Waals surface area contributed by atoms with Gasteiger partial charge in [-0.25, -0.2) is 0 Å². The minimum Gasteiger partial charge on any atom is -0.347 e. The Balaban J connectivity index is 2.00. The number of likely N-dealkylation sites (N-methyl/N-ethyl adjacent to an activating group) is 1. The van der Waals surface area contributed by atoms with Crippen LogP contribution in [0.2, 0.25) is 0 Å². The third kappa shape index (κ3) is 2.85. The van der Waals surface area contributed by atoms with Crippen LogP contribution in [-0.2, 0) is 26.1 Å². The molecule has 2 heterocycles. The molecule has 0 aliphatic carbocycles. The second-order valence-corrected chi connectivity index (χ2v) is 6.26. The number of rotatable bonds is 6. The first kappa shape index (κ1) is 14.6. The lowest BCUT2D eigenvalue weighted by Crippen LogP contribution is -2.15. The summed E-state index contributed by atoms with van der Waals surface area (Å²) in [4.78, 5) is 2.39. The quantitative estimate of drug-likeness (QED) is 0.823. The summed E-state index contributed by atoms with van der Waals surface area (Å²) in [6.45, 7) is 9.85. The lowest BCUT2D eigenvalue weighted by atomic mass is 10.0. The van der Waals surface area contributed by atoms with Crippen molar-refractivity contribution in [3.8, 4) is 0 Å². The maximum absolute atomic E-state index is 3.44. The zero-order valence-electron chi connectivity index (χ0n) is 13.6. The molecule has 1 aromatic carbocycles. The molecule has 0 unspecified atom stereocenters. The van der Waals surface area contributed by atoms with Gasteiger partial charge in [-0.1, -0.05) is 13.8 Å². The molecule has 1 aliphatic heterocycles. The summed E-state index contributed by atoms with van der Waals surface area (Å²) in [5.74, 6) is 0. The van der Waals surface area contributed by atoms with Crippen molar-refractivity contribution in [1.82, 2.24) is 14.8 Å². The molecule has 114 valence electrons. The van der Waals surface area contributed by atoms with E-state index in [2.05, 4.69) is 54.0 Å². The highest BCUT2D eigenvalue weighted by atomic mass is 15.1. The van der Waals surface area contributed by atoms with Crippen LogP contribution in [0.4, 0.5) is 0 Å². The van der Waals surface area contributed by atoms with Crippen molar-refractivity contribution in [2.45, 2.75) is 46.3 Å². The van der Waals surface area contributed by atoms with Gasteiger partial charge in [0.2, 0.25) is 0 Å². The van der Waals surface area contributed by atoms with E-state index in [0.717, 1.165) is 39.1 Å². The summed E-state index contributed by atoms with van der Waals surface area (Å²) in [7, 11) is 2.21. The Morgan fingerprint density at radius 2 is 1.90 bits per heavy atom. The van der Waals surface area contributed by atoms with Gasteiger partial charge in [-0.15, -0.1) is 0 Å². The van der Waals surface area contributed by atoms with Gasteiger partial charge in [0.05, 0.1) is 0 Å². The van der Waals surface area contributed by atoms with Crippen LogP contribution in [0.25, 0.3) is 10.9 Å². The Morgan fingerprint density at radius 1 is 1.14 bits per heavy atom. The van der Waals surface area contributed by atoms with Crippen LogP contribution in [0.15, 0.2) is 18.3 Å². The van der Waals surface area contributed by atoms with Gasteiger partial charge in [-0.2, -0.15) is 0 Å². The zero-order chi connectivity index (χ0) is 14.8. The fourth-order valence-corrected chi connectivity index (χ4v) is 3.46. The van der Waals surface area contributed by atoms with Crippen LogP contribution in [-0.4, -0.2) is 29.6 Å². The van der Waals surface area contributed by atoms with E-state index in [-0.39, 0.29) is 0 Å². The Bertz CT molecular complexity index is 627. The molecule has 0 saturated carbocycles. The smallest absolute Gasteiger partial charge is 0.0486 e. The maximum Gasteiger partial charge on any atom is 0.0486 e. The highest BCUT2D eigenvalue weighted by Gasteiger charge is 2.18. The molecule has 1 aliphatic rings. The average molecular weight is 285 g/mol. The molecule has 2 aromatic rings. The van der Waals surface area contributed by atoms with Crippen LogP contribution in [0.5, 0.6) is 0 Å². The largest absolute Gasteiger partial charge is 0.347 e. The van der Waals surface area contributed by atoms with Gasteiger partial charge in [0.1, 0.15) is 0 Å². The monoisotopic (exact) mass is 285 g/mol. The normalized spacial score (nSPS) is 15.0. The molecule has 0 spiro atoms. The van der Waals surface area contributed by atoms with E-state index in [0.29, 0.717) is 0 Å². The van der Waals surface area contributed by atoms with Crippen molar-refractivity contribution in [3.63, 3.8) is 0 Å². The summed E-state index contributed by atoms with van der Waals surface area (Å²) < 4.78 is 2.45. The van der Waals surface area contributed by atoms with Gasteiger partial charge in [0.15, 0.2) is 0 Å². The number of aryl methyl sites for hydroxylation is 1. The first-order chi connectivity index (χ1) is 10.2. The van der Waals surface area contributed by atoms with Crippen molar-refractivity contribution in [3.05, 3.63) is 35.0 Å². The fraction of sp³-hybridized carbons (Fsp3) is 0.556. The average Bonchev–Trinajstić information content (AvgIpc) is 2.97. The standard InChI is InChI=1S/C18H27N3/c1-4-8-21-13-14(6-7-19-5-2)17-9-15-11-20(3)12-16(15)10-18(17)21/h9-10,13,19H,4-8,11-12H2,1-3H3. The van der Waals surface area contributed by atoms with Crippen molar-refractivity contribution in [2.75, 3.05) is 20.1 Å². The van der Waals surface area contributed by atoms with E-state index < -0.39 is 0 Å². The number of nitrogens with one attached hydrogen (secondary N) is 1. The summed E-state index contributed by atoms with van der Waals surface area (Å²) in [5.41, 5.74) is 5.96. The lowest BCUT2D eigenvalue weighted by molar-refractivity contribution is 0.353. The Hall–Kier alpha value is -1.32. The van der Waals surface area contributed by atoms with Gasteiger partial charge < -0.3 is 9.88 Å². The van der Waals surface area contributed by atoms with Crippen LogP contribution < -0.4 is 5.32 Å². The van der Waals surface area contributed by atoms with E-state index in [1.165, 1.54) is 34.0 Å². The second-order valence-electron chi connectivity index (χ2n) is 6.26. The highest BCUT2D eigenvalue weighted by Crippen LogP contribution is 2.30. The Labute approximate surface area is 127 Å². The molecular formula is C18H27N3. The third-order valence-corrected chi connectivity index (χ3v) is 4.45. The molecule has 0 radical (unpaired) electrons. The molecule has 1 aromatic heterocycles. The van der Waals surface area contributed by atoms with Crippen molar-refractivity contribution < 1.29 is 0 Å². The molecule has 3 heteroatoms. The molecule has 0 bridgehead atoms. The van der Waals surface area contributed by atoms with E-state index in [1.54, 1.807) is 0 Å². The Kier molecular flexibility index (Phi) is 4.32. The number of nitrogens with zero attached hydrogens (tertiary/aromatic N) is 2. The minimum absolute atomic E-state index is 1.05. The lowest BCUT2D eigenvalue weighted by Gasteiger charge is -2.05.